The van der Waals surface area contributed by atoms with Gasteiger partial charge < -0.3 is 5.32 Å². The number of carbonyl (C=O) groups excluding carboxylic acids is 1. The van der Waals surface area contributed by atoms with Crippen molar-refractivity contribution >= 4 is 27.5 Å². The third-order valence-electron chi connectivity index (χ3n) is 5.46. The fourth-order valence-corrected chi connectivity index (χ4v) is 5.47. The number of halogens is 1. The summed E-state index contributed by atoms with van der Waals surface area (Å²) in [6, 6.07) is 17.1. The lowest BCUT2D eigenvalue weighted by Crippen LogP contribution is -2.43. The van der Waals surface area contributed by atoms with Gasteiger partial charge in [0.1, 0.15) is 0 Å². The summed E-state index contributed by atoms with van der Waals surface area (Å²) in [4.78, 5) is 12.5. The zero-order valence-electron chi connectivity index (χ0n) is 16.6. The summed E-state index contributed by atoms with van der Waals surface area (Å²) in [5.41, 5.74) is 1.79. The molecule has 0 unspecified atom stereocenters. The van der Waals surface area contributed by atoms with Gasteiger partial charge in [0.2, 0.25) is 15.9 Å². The number of nitrogens with one attached hydrogen (secondary N) is 1. The van der Waals surface area contributed by atoms with Gasteiger partial charge in [0, 0.05) is 30.6 Å². The summed E-state index contributed by atoms with van der Waals surface area (Å²) in [5, 5.41) is 3.48. The number of amides is 1. The van der Waals surface area contributed by atoms with Crippen LogP contribution < -0.4 is 5.32 Å². The lowest BCUT2D eigenvalue weighted by molar-refractivity contribution is -0.126. The molecule has 0 aliphatic carbocycles. The van der Waals surface area contributed by atoms with E-state index in [-0.39, 0.29) is 23.5 Å². The Balaban J connectivity index is 1.49. The van der Waals surface area contributed by atoms with Crippen molar-refractivity contribution in [2.24, 2.45) is 5.92 Å². The van der Waals surface area contributed by atoms with Crippen molar-refractivity contribution in [3.05, 3.63) is 70.7 Å². The summed E-state index contributed by atoms with van der Waals surface area (Å²) >= 11 is 6.10. The summed E-state index contributed by atoms with van der Waals surface area (Å²) in [5.74, 6) is -0.0186. The highest BCUT2D eigenvalue weighted by Gasteiger charge is 2.31. The Bertz CT molecular complexity index is 926. The van der Waals surface area contributed by atoms with Gasteiger partial charge in [-0.05, 0) is 36.0 Å². The average Bonchev–Trinajstić information content (AvgIpc) is 2.74. The molecule has 1 saturated heterocycles. The number of nitrogens with zero attached hydrogens (tertiary/aromatic N) is 1. The number of hydrogen-bond acceptors (Lipinski definition) is 3. The van der Waals surface area contributed by atoms with Crippen molar-refractivity contribution in [2.75, 3.05) is 19.6 Å². The Morgan fingerprint density at radius 3 is 2.38 bits per heavy atom. The Kier molecular flexibility index (Phi) is 7.33. The van der Waals surface area contributed by atoms with Crippen LogP contribution in [0.3, 0.4) is 0 Å². The van der Waals surface area contributed by atoms with E-state index in [4.69, 9.17) is 11.6 Å². The van der Waals surface area contributed by atoms with Crippen LogP contribution in [0.2, 0.25) is 5.02 Å². The molecule has 0 saturated carbocycles. The molecule has 3 rings (SSSR count). The highest BCUT2D eigenvalue weighted by atomic mass is 35.5. The van der Waals surface area contributed by atoms with Gasteiger partial charge in [-0.2, -0.15) is 0 Å². The number of sulfonamides is 1. The molecule has 1 atom stereocenters. The van der Waals surface area contributed by atoms with E-state index in [1.165, 1.54) is 9.87 Å². The van der Waals surface area contributed by atoms with Crippen molar-refractivity contribution in [3.8, 4) is 0 Å². The molecule has 1 N–H and O–H groups in total. The predicted octanol–water partition coefficient (Wildman–Crippen LogP) is 3.80. The molecule has 1 amide bonds. The largest absolute Gasteiger partial charge is 0.355 e. The Hall–Kier alpha value is -1.89. The van der Waals surface area contributed by atoms with E-state index >= 15 is 0 Å². The average molecular weight is 435 g/mol. The number of rotatable bonds is 7. The predicted molar refractivity (Wildman–Crippen MR) is 116 cm³/mol. The van der Waals surface area contributed by atoms with Crippen LogP contribution in [0.1, 0.15) is 36.8 Å². The topological polar surface area (TPSA) is 66.5 Å². The Morgan fingerprint density at radius 1 is 1.10 bits per heavy atom. The lowest BCUT2D eigenvalue weighted by atomic mass is 9.96. The van der Waals surface area contributed by atoms with E-state index in [0.29, 0.717) is 43.1 Å². The molecule has 1 aliphatic heterocycles. The molecule has 7 heteroatoms. The molecule has 2 aromatic rings. The molecule has 5 nitrogen and oxygen atoms in total. The van der Waals surface area contributed by atoms with E-state index in [1.54, 1.807) is 24.3 Å². The van der Waals surface area contributed by atoms with Crippen LogP contribution in [-0.4, -0.2) is 38.3 Å². The molecule has 0 bridgehead atoms. The first-order valence-corrected chi connectivity index (χ1v) is 11.9. The maximum Gasteiger partial charge on any atom is 0.223 e. The molecule has 0 spiro atoms. The molecular weight excluding hydrogens is 408 g/mol. The van der Waals surface area contributed by atoms with Crippen LogP contribution in [-0.2, 0) is 20.6 Å². The van der Waals surface area contributed by atoms with Crippen LogP contribution in [0, 0.1) is 5.92 Å². The van der Waals surface area contributed by atoms with Crippen molar-refractivity contribution in [3.63, 3.8) is 0 Å². The van der Waals surface area contributed by atoms with Gasteiger partial charge in [0.15, 0.2) is 0 Å². The molecule has 1 heterocycles. The van der Waals surface area contributed by atoms with Gasteiger partial charge in [0.05, 0.1) is 5.75 Å². The number of piperidine rings is 1. The molecule has 2 aromatic carbocycles. The van der Waals surface area contributed by atoms with E-state index in [2.05, 4.69) is 24.4 Å². The summed E-state index contributed by atoms with van der Waals surface area (Å²) < 4.78 is 26.9. The first kappa shape index (κ1) is 21.8. The highest BCUT2D eigenvalue weighted by Crippen LogP contribution is 2.24. The summed E-state index contributed by atoms with van der Waals surface area (Å²) in [7, 11) is -3.45. The third-order valence-corrected chi connectivity index (χ3v) is 7.66. The maximum absolute atomic E-state index is 12.7. The van der Waals surface area contributed by atoms with Gasteiger partial charge >= 0.3 is 0 Å². The fourth-order valence-electron chi connectivity index (χ4n) is 3.60. The minimum atomic E-state index is -3.45. The van der Waals surface area contributed by atoms with Crippen LogP contribution >= 0.6 is 11.6 Å². The van der Waals surface area contributed by atoms with Crippen molar-refractivity contribution in [1.82, 2.24) is 9.62 Å². The van der Waals surface area contributed by atoms with E-state index < -0.39 is 10.0 Å². The first-order valence-electron chi connectivity index (χ1n) is 9.90. The molecular formula is C22H27ClN2O3S. The van der Waals surface area contributed by atoms with Gasteiger partial charge in [-0.1, -0.05) is 67.1 Å². The van der Waals surface area contributed by atoms with Crippen LogP contribution in [0.5, 0.6) is 0 Å². The second-order valence-electron chi connectivity index (χ2n) is 7.58. The number of benzene rings is 2. The van der Waals surface area contributed by atoms with Crippen LogP contribution in [0.4, 0.5) is 0 Å². The summed E-state index contributed by atoms with van der Waals surface area (Å²) in [6.45, 7) is 3.38. The lowest BCUT2D eigenvalue weighted by Gasteiger charge is -2.31. The standard InChI is InChI=1S/C22H27ClN2O3S/c1-17(18-7-3-2-4-8-18)15-24-22(26)19-11-13-25(14-12-19)29(27,28)16-20-9-5-6-10-21(20)23/h2-10,17,19H,11-16H2,1H3,(H,24,26)/t17-/m0/s1. The molecule has 0 radical (unpaired) electrons. The second-order valence-corrected chi connectivity index (χ2v) is 9.95. The SMILES string of the molecule is C[C@@H](CNC(=O)C1CCN(S(=O)(=O)Cc2ccccc2Cl)CC1)c1ccccc1. The molecule has 156 valence electrons. The minimum Gasteiger partial charge on any atom is -0.355 e. The quantitative estimate of drug-likeness (QED) is 0.720. The minimum absolute atomic E-state index is 0.0101. The van der Waals surface area contributed by atoms with Crippen molar-refractivity contribution in [1.29, 1.82) is 0 Å². The van der Waals surface area contributed by atoms with E-state index in [9.17, 15) is 13.2 Å². The molecule has 1 fully saturated rings. The monoisotopic (exact) mass is 434 g/mol. The second kappa shape index (κ2) is 9.74. The first-order chi connectivity index (χ1) is 13.9. The van der Waals surface area contributed by atoms with E-state index in [1.807, 2.05) is 18.2 Å². The maximum atomic E-state index is 12.7. The van der Waals surface area contributed by atoms with Crippen molar-refractivity contribution in [2.45, 2.75) is 31.4 Å². The van der Waals surface area contributed by atoms with Gasteiger partial charge in [-0.3, -0.25) is 4.79 Å². The smallest absolute Gasteiger partial charge is 0.223 e. The zero-order valence-corrected chi connectivity index (χ0v) is 18.1. The summed E-state index contributed by atoms with van der Waals surface area (Å²) in [6.07, 6.45) is 1.07. The highest BCUT2D eigenvalue weighted by molar-refractivity contribution is 7.88. The Morgan fingerprint density at radius 2 is 1.72 bits per heavy atom. The fraction of sp³-hybridized carbons (Fsp3) is 0.409. The Labute approximate surface area is 178 Å². The van der Waals surface area contributed by atoms with Gasteiger partial charge in [-0.25, -0.2) is 12.7 Å². The number of carbonyl (C=O) groups is 1. The van der Waals surface area contributed by atoms with Crippen molar-refractivity contribution < 1.29 is 13.2 Å². The normalized spacial score (nSPS) is 17.0. The number of hydrogen-bond donors (Lipinski definition) is 1. The molecule has 0 aromatic heterocycles. The zero-order chi connectivity index (χ0) is 20.9. The third kappa shape index (κ3) is 5.81. The van der Waals surface area contributed by atoms with Crippen LogP contribution in [0.25, 0.3) is 0 Å². The van der Waals surface area contributed by atoms with Gasteiger partial charge in [0.25, 0.3) is 0 Å². The van der Waals surface area contributed by atoms with E-state index in [0.717, 1.165) is 0 Å². The molecule has 29 heavy (non-hydrogen) atoms. The molecule has 1 aliphatic rings. The van der Waals surface area contributed by atoms with Crippen LogP contribution in [0.15, 0.2) is 54.6 Å². The van der Waals surface area contributed by atoms with Gasteiger partial charge in [-0.15, -0.1) is 0 Å².